The van der Waals surface area contributed by atoms with Crippen LogP contribution in [0, 0.1) is 0 Å². The van der Waals surface area contributed by atoms with E-state index in [1.807, 2.05) is 0 Å². The number of alkyl halides is 6. The molecule has 1 saturated heterocycles. The molecular weight excluding hydrogens is 700 g/mol. The quantitative estimate of drug-likeness (QED) is 0.269. The van der Waals surface area contributed by atoms with Gasteiger partial charge in [-0.3, -0.25) is 19.5 Å². The number of aromatic nitrogens is 6. The first-order valence-corrected chi connectivity index (χ1v) is 15.7. The van der Waals surface area contributed by atoms with Crippen molar-refractivity contribution in [2.75, 3.05) is 49.6 Å². The van der Waals surface area contributed by atoms with Gasteiger partial charge in [-0.05, 0) is 36.6 Å². The molecule has 0 bridgehead atoms. The molecule has 2 aliphatic rings. The van der Waals surface area contributed by atoms with Crippen LogP contribution in [-0.4, -0.2) is 85.5 Å². The highest BCUT2D eigenvalue weighted by Gasteiger charge is 2.39. The van der Waals surface area contributed by atoms with Gasteiger partial charge in [0.1, 0.15) is 23.5 Å². The van der Waals surface area contributed by atoms with Gasteiger partial charge in [-0.2, -0.15) is 40.9 Å². The molecule has 0 unspecified atom stereocenters. The van der Waals surface area contributed by atoms with Crippen LogP contribution in [0.2, 0.25) is 5.02 Å². The Bertz CT molecular complexity index is 2040. The Morgan fingerprint density at radius 3 is 2.44 bits per heavy atom. The van der Waals surface area contributed by atoms with Crippen molar-refractivity contribution in [3.05, 3.63) is 74.2 Å². The van der Waals surface area contributed by atoms with E-state index in [0.717, 1.165) is 22.2 Å². The summed E-state index contributed by atoms with van der Waals surface area (Å²) in [6, 6.07) is 2.50. The molecule has 6 rings (SSSR count). The van der Waals surface area contributed by atoms with Crippen molar-refractivity contribution in [2.24, 2.45) is 0 Å². The van der Waals surface area contributed by atoms with Gasteiger partial charge in [0.2, 0.25) is 11.7 Å². The number of benzene rings is 1. The van der Waals surface area contributed by atoms with Gasteiger partial charge in [0, 0.05) is 26.2 Å². The van der Waals surface area contributed by atoms with Crippen molar-refractivity contribution in [1.82, 2.24) is 34.3 Å². The van der Waals surface area contributed by atoms with E-state index in [1.54, 1.807) is 17.9 Å². The molecular formula is C30H28ClF6N9O4. The standard InChI is InChI=1S/C30H28ClF6N9O4/c1-2-21-24(43-7-9-44(10-8-43)26(48)23-18(14-38-41-23)30(35,36)37)27(49)46-28(40-25(42-46)16-5-11-50-12-6-16)45(21)15-22(47)39-20-4-3-17(13-19(20)31)29(32,33)34/h3-5,13-14H,2,6-12,15H2,1H3,(H,38,41)(H,39,47). The fourth-order valence-corrected chi connectivity index (χ4v) is 6.10. The Labute approximate surface area is 283 Å². The molecule has 2 N–H and O–H groups in total. The molecule has 50 heavy (non-hydrogen) atoms. The Kier molecular flexibility index (Phi) is 9.38. The highest BCUT2D eigenvalue weighted by molar-refractivity contribution is 6.33. The maximum absolute atomic E-state index is 14.1. The van der Waals surface area contributed by atoms with Crippen molar-refractivity contribution in [3.63, 3.8) is 0 Å². The van der Waals surface area contributed by atoms with E-state index in [2.05, 4.69) is 25.6 Å². The van der Waals surface area contributed by atoms with Crippen molar-refractivity contribution in [2.45, 2.75) is 38.7 Å². The number of anilines is 2. The SMILES string of the molecule is CCc1c(N2CCN(C(=O)c3[nH]ncc3C(F)(F)F)CC2)c(=O)n2nc(C3=CCOCC3)nc2n1CC(=O)Nc1ccc(C(F)(F)F)cc1Cl. The summed E-state index contributed by atoms with van der Waals surface area (Å²) in [6.45, 7) is 2.01. The molecule has 2 aliphatic heterocycles. The number of nitrogens with zero attached hydrogens (tertiary/aromatic N) is 7. The highest BCUT2D eigenvalue weighted by atomic mass is 35.5. The number of H-pyrrole nitrogens is 1. The van der Waals surface area contributed by atoms with Crippen molar-refractivity contribution in [1.29, 1.82) is 0 Å². The lowest BCUT2D eigenvalue weighted by Gasteiger charge is -2.36. The summed E-state index contributed by atoms with van der Waals surface area (Å²) in [5.41, 5.74) is -2.29. The number of rotatable bonds is 7. The number of hydrogen-bond acceptors (Lipinski definition) is 8. The van der Waals surface area contributed by atoms with Crippen LogP contribution in [0.3, 0.4) is 0 Å². The predicted molar refractivity (Wildman–Crippen MR) is 167 cm³/mol. The van der Waals surface area contributed by atoms with E-state index < -0.39 is 53.1 Å². The van der Waals surface area contributed by atoms with Gasteiger partial charge in [-0.15, -0.1) is 5.10 Å². The predicted octanol–water partition coefficient (Wildman–Crippen LogP) is 4.27. The van der Waals surface area contributed by atoms with Crippen LogP contribution in [0.5, 0.6) is 0 Å². The fraction of sp³-hybridized carbons (Fsp3) is 0.400. The average Bonchev–Trinajstić information content (AvgIpc) is 3.76. The lowest BCUT2D eigenvalue weighted by molar-refractivity contribution is -0.138. The smallest absolute Gasteiger partial charge is 0.377 e. The lowest BCUT2D eigenvalue weighted by Crippen LogP contribution is -2.51. The van der Waals surface area contributed by atoms with Gasteiger partial charge in [0.25, 0.3) is 11.5 Å². The van der Waals surface area contributed by atoms with Crippen molar-refractivity contribution < 1.29 is 40.7 Å². The van der Waals surface area contributed by atoms with Gasteiger partial charge in [0.05, 0.1) is 41.4 Å². The Balaban J connectivity index is 1.34. The maximum Gasteiger partial charge on any atom is 0.420 e. The van der Waals surface area contributed by atoms with Gasteiger partial charge >= 0.3 is 12.4 Å². The molecule has 0 radical (unpaired) electrons. The Morgan fingerprint density at radius 2 is 1.82 bits per heavy atom. The molecule has 0 spiro atoms. The number of aromatic amines is 1. The van der Waals surface area contributed by atoms with Crippen LogP contribution in [0.4, 0.5) is 37.7 Å². The van der Waals surface area contributed by atoms with E-state index in [1.165, 1.54) is 9.47 Å². The normalized spacial score (nSPS) is 15.8. The number of carbonyl (C=O) groups excluding carboxylic acids is 2. The minimum atomic E-state index is -4.79. The third-order valence-corrected chi connectivity index (χ3v) is 8.64. The van der Waals surface area contributed by atoms with E-state index in [0.29, 0.717) is 37.6 Å². The second-order valence-corrected chi connectivity index (χ2v) is 11.8. The zero-order chi connectivity index (χ0) is 36.0. The number of halogens is 7. The first kappa shape index (κ1) is 34.9. The molecule has 1 fully saturated rings. The largest absolute Gasteiger partial charge is 0.420 e. The number of nitrogens with one attached hydrogen (secondary N) is 2. The first-order valence-electron chi connectivity index (χ1n) is 15.3. The maximum atomic E-state index is 14.1. The van der Waals surface area contributed by atoms with Gasteiger partial charge in [-0.25, -0.2) is 0 Å². The van der Waals surface area contributed by atoms with Gasteiger partial charge in [-0.1, -0.05) is 24.6 Å². The lowest BCUT2D eigenvalue weighted by atomic mass is 10.1. The summed E-state index contributed by atoms with van der Waals surface area (Å²) in [4.78, 5) is 48.0. The molecule has 1 aromatic carbocycles. The van der Waals surface area contributed by atoms with Gasteiger partial charge in [0.15, 0.2) is 5.82 Å². The number of piperazine rings is 1. The van der Waals surface area contributed by atoms with Crippen LogP contribution in [0.25, 0.3) is 11.4 Å². The summed E-state index contributed by atoms with van der Waals surface area (Å²) in [6.07, 6.45) is -6.45. The van der Waals surface area contributed by atoms with Crippen LogP contribution in [-0.2, 0) is 34.8 Å². The van der Waals surface area contributed by atoms with Gasteiger partial charge < -0.3 is 24.4 Å². The van der Waals surface area contributed by atoms with E-state index in [9.17, 15) is 40.7 Å². The number of ether oxygens (including phenoxy) is 1. The molecule has 3 aromatic heterocycles. The number of amides is 2. The summed E-state index contributed by atoms with van der Waals surface area (Å²) in [7, 11) is 0. The average molecular weight is 728 g/mol. The second kappa shape index (κ2) is 13.4. The van der Waals surface area contributed by atoms with Crippen molar-refractivity contribution >= 4 is 46.1 Å². The molecule has 5 heterocycles. The van der Waals surface area contributed by atoms with Crippen LogP contribution >= 0.6 is 11.6 Å². The van der Waals surface area contributed by atoms with E-state index in [-0.39, 0.29) is 60.6 Å². The third kappa shape index (κ3) is 6.78. The Hall–Kier alpha value is -4.91. The van der Waals surface area contributed by atoms with E-state index >= 15 is 0 Å². The summed E-state index contributed by atoms with van der Waals surface area (Å²) >= 11 is 6.07. The van der Waals surface area contributed by atoms with Crippen LogP contribution in [0.1, 0.15) is 46.5 Å². The van der Waals surface area contributed by atoms with Crippen molar-refractivity contribution in [3.8, 4) is 0 Å². The molecule has 266 valence electrons. The molecule has 2 amide bonds. The Morgan fingerprint density at radius 1 is 1.08 bits per heavy atom. The zero-order valence-electron chi connectivity index (χ0n) is 26.2. The minimum Gasteiger partial charge on any atom is -0.377 e. The molecule has 20 heteroatoms. The third-order valence-electron chi connectivity index (χ3n) is 8.32. The topological polar surface area (TPSA) is 143 Å². The fourth-order valence-electron chi connectivity index (χ4n) is 5.88. The van der Waals surface area contributed by atoms with Crippen LogP contribution in [0.15, 0.2) is 35.3 Å². The molecule has 0 saturated carbocycles. The molecule has 0 atom stereocenters. The van der Waals surface area contributed by atoms with E-state index in [4.69, 9.17) is 16.3 Å². The summed E-state index contributed by atoms with van der Waals surface area (Å²) in [5.74, 6) is -1.33. The summed E-state index contributed by atoms with van der Waals surface area (Å²) in [5, 5.41) is 12.1. The monoisotopic (exact) mass is 727 g/mol. The number of fused-ring (bicyclic) bond motifs is 1. The molecule has 0 aliphatic carbocycles. The minimum absolute atomic E-state index is 0.0272. The second-order valence-electron chi connectivity index (χ2n) is 11.4. The zero-order valence-corrected chi connectivity index (χ0v) is 26.9. The number of carbonyl (C=O) groups is 2. The van der Waals surface area contributed by atoms with Crippen LogP contribution < -0.4 is 15.8 Å². The molecule has 4 aromatic rings. The highest BCUT2D eigenvalue weighted by Crippen LogP contribution is 2.34. The number of hydrogen-bond donors (Lipinski definition) is 2. The first-order chi connectivity index (χ1) is 23.7. The molecule has 13 nitrogen and oxygen atoms in total. The summed E-state index contributed by atoms with van der Waals surface area (Å²) < 4.78 is 87.6.